The number of carboxylic acid groups (broad SMARTS) is 1. The number of rotatable bonds is 13. The highest BCUT2D eigenvalue weighted by atomic mass is 19.4. The van der Waals surface area contributed by atoms with E-state index in [2.05, 4.69) is 25.3 Å². The molecule has 2 fully saturated rings. The van der Waals surface area contributed by atoms with Crippen molar-refractivity contribution in [3.63, 3.8) is 0 Å². The van der Waals surface area contributed by atoms with E-state index >= 15 is 0 Å². The third-order valence-electron chi connectivity index (χ3n) is 9.39. The van der Waals surface area contributed by atoms with Crippen molar-refractivity contribution < 1.29 is 37.3 Å². The zero-order valence-corrected chi connectivity index (χ0v) is 27.6. The molecule has 3 N–H and O–H groups in total. The van der Waals surface area contributed by atoms with Gasteiger partial charge in [0.2, 0.25) is 5.95 Å². The summed E-state index contributed by atoms with van der Waals surface area (Å²) in [6.07, 6.45) is 2.56. The summed E-state index contributed by atoms with van der Waals surface area (Å²) >= 11 is 0. The Morgan fingerprint density at radius 3 is 2.53 bits per heavy atom. The topological polar surface area (TPSA) is 143 Å². The predicted octanol–water partition coefficient (Wildman–Crippen LogP) is 6.84. The van der Waals surface area contributed by atoms with Crippen LogP contribution in [-0.2, 0) is 22.1 Å². The molecule has 4 aromatic rings. The lowest BCUT2D eigenvalue weighted by molar-refractivity contribution is -0.138. The van der Waals surface area contributed by atoms with Crippen molar-refractivity contribution in [2.24, 2.45) is 5.41 Å². The van der Waals surface area contributed by atoms with Gasteiger partial charge in [-0.15, -0.1) is 0 Å². The summed E-state index contributed by atoms with van der Waals surface area (Å²) < 4.78 is 53.6. The number of imidazole rings is 1. The van der Waals surface area contributed by atoms with Crippen LogP contribution in [0.25, 0.3) is 22.4 Å². The fourth-order valence-corrected chi connectivity index (χ4v) is 6.88. The van der Waals surface area contributed by atoms with E-state index in [4.69, 9.17) is 14.6 Å². The molecule has 0 unspecified atom stereocenters. The second-order valence-corrected chi connectivity index (χ2v) is 13.1. The number of carbonyl (C=O) groups is 2. The molecule has 3 aromatic heterocycles. The summed E-state index contributed by atoms with van der Waals surface area (Å²) in [5.74, 6) is -1.31. The number of benzene rings is 1. The van der Waals surface area contributed by atoms with Gasteiger partial charge in [-0.2, -0.15) is 18.2 Å². The van der Waals surface area contributed by atoms with Crippen LogP contribution in [0.5, 0.6) is 5.75 Å². The van der Waals surface area contributed by atoms with Gasteiger partial charge >= 0.3 is 12.1 Å². The molecule has 0 radical (unpaired) electrons. The number of aromatic nitrogens is 4. The molecule has 2 aliphatic carbocycles. The smallest absolute Gasteiger partial charge is 0.418 e. The largest absolute Gasteiger partial charge is 0.496 e. The molecule has 0 saturated heterocycles. The number of halogens is 3. The third-order valence-corrected chi connectivity index (χ3v) is 9.39. The molecule has 260 valence electrons. The quantitative estimate of drug-likeness (QED) is 0.138. The van der Waals surface area contributed by atoms with E-state index in [9.17, 15) is 22.8 Å². The average molecular weight is 681 g/mol. The maximum absolute atomic E-state index is 14.2. The molecular weight excluding hydrogens is 641 g/mol. The molecule has 2 saturated carbocycles. The number of pyridine rings is 2. The Balaban J connectivity index is 1.38. The Hall–Kier alpha value is -4.72. The number of methoxy groups -OCH3 is 2. The molecule has 0 atom stereocenters. The van der Waals surface area contributed by atoms with Crippen LogP contribution in [0, 0.1) is 5.41 Å². The van der Waals surface area contributed by atoms with Crippen LogP contribution in [0.1, 0.15) is 78.0 Å². The molecule has 2 aliphatic rings. The van der Waals surface area contributed by atoms with E-state index in [0.717, 1.165) is 31.7 Å². The van der Waals surface area contributed by atoms with Crippen LogP contribution in [0.3, 0.4) is 0 Å². The van der Waals surface area contributed by atoms with Crippen molar-refractivity contribution in [2.75, 3.05) is 44.6 Å². The molecule has 6 rings (SSSR count). The number of fused-ring (bicyclic) bond motifs is 1. The van der Waals surface area contributed by atoms with Crippen molar-refractivity contribution in [1.82, 2.24) is 19.9 Å². The minimum Gasteiger partial charge on any atom is -0.496 e. The molecule has 11 nitrogen and oxygen atoms in total. The van der Waals surface area contributed by atoms with E-state index in [1.165, 1.54) is 13.3 Å². The SMILES string of the molecule is COCC1(CN(C)c2cc(-c3cnc(C4CC4)c(C(F)(F)F)c3)nc3nc(NC(=O)c4ccc(CCC(=O)O)cc4OC)[nH]c23)CCCC1. The van der Waals surface area contributed by atoms with Gasteiger partial charge in [0.25, 0.3) is 5.91 Å². The van der Waals surface area contributed by atoms with Gasteiger partial charge in [0.15, 0.2) is 5.65 Å². The third kappa shape index (κ3) is 7.48. The summed E-state index contributed by atoms with van der Waals surface area (Å²) in [6, 6.07) is 7.68. The van der Waals surface area contributed by atoms with Crippen LogP contribution in [0.4, 0.5) is 24.8 Å². The first-order chi connectivity index (χ1) is 23.4. The van der Waals surface area contributed by atoms with E-state index in [0.29, 0.717) is 42.8 Å². The minimum absolute atomic E-state index is 0.0625. The number of anilines is 2. The van der Waals surface area contributed by atoms with Crippen molar-refractivity contribution in [3.05, 3.63) is 58.9 Å². The number of hydrogen-bond acceptors (Lipinski definition) is 8. The van der Waals surface area contributed by atoms with Gasteiger partial charge in [-0.05, 0) is 61.9 Å². The fourth-order valence-electron chi connectivity index (χ4n) is 6.88. The molecular formula is C35H39F3N6O5. The Labute approximate surface area is 281 Å². The number of nitrogens with one attached hydrogen (secondary N) is 2. The van der Waals surface area contributed by atoms with Gasteiger partial charge in [0, 0.05) is 50.2 Å². The van der Waals surface area contributed by atoms with Crippen LogP contribution in [-0.4, -0.2) is 71.3 Å². The Morgan fingerprint density at radius 2 is 1.88 bits per heavy atom. The Bertz CT molecular complexity index is 1870. The monoisotopic (exact) mass is 680 g/mol. The lowest BCUT2D eigenvalue weighted by Crippen LogP contribution is -2.37. The first kappa shape index (κ1) is 34.2. The highest BCUT2D eigenvalue weighted by molar-refractivity contribution is 6.06. The number of aryl methyl sites for hydroxylation is 1. The first-order valence-corrected chi connectivity index (χ1v) is 16.3. The fraction of sp³-hybridized carbons (Fsp3) is 0.457. The number of ether oxygens (including phenoxy) is 2. The number of nitrogens with zero attached hydrogens (tertiary/aromatic N) is 4. The summed E-state index contributed by atoms with van der Waals surface area (Å²) in [4.78, 5) is 43.1. The number of carbonyl (C=O) groups excluding carboxylic acids is 1. The van der Waals surface area contributed by atoms with Gasteiger partial charge in [-0.3, -0.25) is 19.9 Å². The van der Waals surface area contributed by atoms with Crippen molar-refractivity contribution in [2.45, 2.75) is 63.5 Å². The zero-order chi connectivity index (χ0) is 34.9. The Kier molecular flexibility index (Phi) is 9.52. The standard InChI is InChI=1S/C35H39F3N6O5/c1-44(18-34(19-48-2)12-4-5-13-34)26-16-25(22-15-24(35(36,37)38)29(39-17-22)21-8-9-21)40-31-30(26)41-33(42-31)43-32(47)23-10-6-20(7-11-28(45)46)14-27(23)49-3/h6,10,14-17,21H,4-5,7-9,11-13,18-19H2,1-3H3,(H,45,46)(H2,40,41,42,43,47). The molecule has 3 heterocycles. The summed E-state index contributed by atoms with van der Waals surface area (Å²) in [6.45, 7) is 1.19. The maximum Gasteiger partial charge on any atom is 0.418 e. The number of alkyl halides is 3. The van der Waals surface area contributed by atoms with E-state index in [1.54, 1.807) is 31.4 Å². The number of amides is 1. The number of aromatic amines is 1. The highest BCUT2D eigenvalue weighted by Gasteiger charge is 2.40. The van der Waals surface area contributed by atoms with Crippen LogP contribution < -0.4 is 15.0 Å². The van der Waals surface area contributed by atoms with Crippen molar-refractivity contribution in [3.8, 4) is 17.0 Å². The van der Waals surface area contributed by atoms with Crippen molar-refractivity contribution in [1.29, 1.82) is 0 Å². The number of carboxylic acids is 1. The van der Waals surface area contributed by atoms with Crippen LogP contribution in [0.2, 0.25) is 0 Å². The molecule has 1 aromatic carbocycles. The Morgan fingerprint density at radius 1 is 1.12 bits per heavy atom. The summed E-state index contributed by atoms with van der Waals surface area (Å²) in [5, 5.41) is 11.8. The van der Waals surface area contributed by atoms with Gasteiger partial charge < -0.3 is 24.5 Å². The summed E-state index contributed by atoms with van der Waals surface area (Å²) in [5.41, 5.74) is 1.95. The second kappa shape index (κ2) is 13.7. The normalized spacial score (nSPS) is 15.8. The number of H-pyrrole nitrogens is 1. The number of hydrogen-bond donors (Lipinski definition) is 3. The average Bonchev–Trinajstić information content (AvgIpc) is 3.68. The van der Waals surface area contributed by atoms with Gasteiger partial charge in [-0.1, -0.05) is 18.9 Å². The lowest BCUT2D eigenvalue weighted by atomic mass is 9.86. The maximum atomic E-state index is 14.2. The first-order valence-electron chi connectivity index (χ1n) is 16.3. The molecule has 49 heavy (non-hydrogen) atoms. The number of aliphatic carboxylic acids is 1. The van der Waals surface area contributed by atoms with E-state index in [-0.39, 0.29) is 64.0 Å². The van der Waals surface area contributed by atoms with Gasteiger partial charge in [-0.25, -0.2) is 4.98 Å². The van der Waals surface area contributed by atoms with Crippen LogP contribution in [0.15, 0.2) is 36.5 Å². The van der Waals surface area contributed by atoms with Crippen LogP contribution >= 0.6 is 0 Å². The lowest BCUT2D eigenvalue weighted by Gasteiger charge is -2.34. The molecule has 1 amide bonds. The van der Waals surface area contributed by atoms with E-state index in [1.807, 2.05) is 11.9 Å². The van der Waals surface area contributed by atoms with Gasteiger partial charge in [0.1, 0.15) is 11.3 Å². The molecule has 0 aliphatic heterocycles. The van der Waals surface area contributed by atoms with Gasteiger partial charge in [0.05, 0.1) is 41.9 Å². The highest BCUT2D eigenvalue weighted by Crippen LogP contribution is 2.46. The zero-order valence-electron chi connectivity index (χ0n) is 27.6. The molecule has 14 heteroatoms. The summed E-state index contributed by atoms with van der Waals surface area (Å²) in [7, 11) is 5.01. The van der Waals surface area contributed by atoms with Crippen molar-refractivity contribution >= 4 is 34.7 Å². The second-order valence-electron chi connectivity index (χ2n) is 13.1. The molecule has 0 spiro atoms. The minimum atomic E-state index is -4.57. The predicted molar refractivity (Wildman–Crippen MR) is 177 cm³/mol. The van der Waals surface area contributed by atoms with E-state index < -0.39 is 23.6 Å². The molecule has 0 bridgehead atoms.